The maximum atomic E-state index is 11.3. The third-order valence-electron chi connectivity index (χ3n) is 3.16. The van der Waals surface area contributed by atoms with Crippen molar-refractivity contribution < 1.29 is 0 Å². The molecule has 0 spiro atoms. The summed E-state index contributed by atoms with van der Waals surface area (Å²) in [5, 5.41) is 3.17. The molecule has 0 bridgehead atoms. The first kappa shape index (κ1) is 11.3. The molecule has 1 aromatic heterocycles. The van der Waals surface area contributed by atoms with E-state index in [2.05, 4.69) is 21.5 Å². The minimum Gasteiger partial charge on any atom is -0.391 e. The second-order valence-electron chi connectivity index (χ2n) is 4.09. The first-order valence-corrected chi connectivity index (χ1v) is 6.51. The van der Waals surface area contributed by atoms with Gasteiger partial charge in [-0.2, -0.15) is 11.8 Å². The molecule has 1 fully saturated rings. The molecule has 1 aliphatic carbocycles. The van der Waals surface area contributed by atoms with Gasteiger partial charge < -0.3 is 16.0 Å². The lowest BCUT2D eigenvalue weighted by Gasteiger charge is -2.40. The molecule has 1 heterocycles. The number of aromatic nitrogens is 2. The van der Waals surface area contributed by atoms with Crippen molar-refractivity contribution in [3.8, 4) is 0 Å². The molecular weight excluding hydrogens is 224 g/mol. The normalized spacial score (nSPS) is 17.8. The topological polar surface area (TPSA) is 83.8 Å². The zero-order valence-corrected chi connectivity index (χ0v) is 10.1. The van der Waals surface area contributed by atoms with Crippen molar-refractivity contribution >= 4 is 23.3 Å². The van der Waals surface area contributed by atoms with E-state index in [1.165, 1.54) is 25.6 Å². The highest BCUT2D eigenvalue weighted by molar-refractivity contribution is 8.00. The van der Waals surface area contributed by atoms with E-state index >= 15 is 0 Å². The van der Waals surface area contributed by atoms with Crippen molar-refractivity contribution in [2.75, 3.05) is 23.9 Å². The predicted octanol–water partition coefficient (Wildman–Crippen LogP) is 1.05. The molecule has 16 heavy (non-hydrogen) atoms. The van der Waals surface area contributed by atoms with Crippen LogP contribution in [0.5, 0.6) is 0 Å². The number of nitrogens with one attached hydrogen (secondary N) is 2. The quantitative estimate of drug-likeness (QED) is 0.732. The summed E-state index contributed by atoms with van der Waals surface area (Å²) in [5.74, 6) is 0.490. The Labute approximate surface area is 98.2 Å². The summed E-state index contributed by atoms with van der Waals surface area (Å²) < 4.78 is 0.302. The van der Waals surface area contributed by atoms with Crippen LogP contribution in [0.3, 0.4) is 0 Å². The van der Waals surface area contributed by atoms with Gasteiger partial charge in [0.2, 0.25) is 0 Å². The fraction of sp³-hybridized carbons (Fsp3) is 0.600. The van der Waals surface area contributed by atoms with E-state index in [1.807, 2.05) is 11.8 Å². The number of nitrogens with two attached hydrogens (primary N) is 1. The van der Waals surface area contributed by atoms with Gasteiger partial charge in [-0.25, -0.2) is 4.98 Å². The van der Waals surface area contributed by atoms with Crippen molar-refractivity contribution in [1.29, 1.82) is 0 Å². The lowest BCUT2D eigenvalue weighted by atomic mass is 9.84. The van der Waals surface area contributed by atoms with Gasteiger partial charge in [0.1, 0.15) is 5.69 Å². The summed E-state index contributed by atoms with van der Waals surface area (Å²) in [6.45, 7) is 0.814. The smallest absolute Gasteiger partial charge is 0.276 e. The molecule has 0 saturated heterocycles. The maximum absolute atomic E-state index is 11.3. The fourth-order valence-electron chi connectivity index (χ4n) is 1.82. The van der Waals surface area contributed by atoms with Gasteiger partial charge in [-0.3, -0.25) is 4.79 Å². The number of nitrogen functional groups attached to an aromatic ring is 1. The van der Waals surface area contributed by atoms with E-state index in [0.29, 0.717) is 10.6 Å². The van der Waals surface area contributed by atoms with E-state index in [1.54, 1.807) is 0 Å². The molecule has 0 amide bonds. The summed E-state index contributed by atoms with van der Waals surface area (Å²) in [6, 6.07) is 0. The van der Waals surface area contributed by atoms with E-state index < -0.39 is 0 Å². The van der Waals surface area contributed by atoms with Crippen LogP contribution >= 0.6 is 11.8 Å². The number of thioether (sulfide) groups is 1. The summed E-state index contributed by atoms with van der Waals surface area (Å²) in [7, 11) is 0. The van der Waals surface area contributed by atoms with E-state index in [0.717, 1.165) is 6.54 Å². The second-order valence-corrected chi connectivity index (χ2v) is 5.36. The average molecular weight is 240 g/mol. The number of anilines is 2. The number of rotatable bonds is 4. The van der Waals surface area contributed by atoms with Crippen LogP contribution in [0.4, 0.5) is 11.5 Å². The third-order valence-corrected chi connectivity index (χ3v) is 4.58. The van der Waals surface area contributed by atoms with Crippen LogP contribution in [-0.4, -0.2) is 27.5 Å². The van der Waals surface area contributed by atoms with Crippen LogP contribution < -0.4 is 16.6 Å². The second kappa shape index (κ2) is 4.37. The Morgan fingerprint density at radius 3 is 3.00 bits per heavy atom. The predicted molar refractivity (Wildman–Crippen MR) is 67.9 cm³/mol. The molecule has 0 radical (unpaired) electrons. The van der Waals surface area contributed by atoms with Crippen LogP contribution in [0, 0.1) is 0 Å². The van der Waals surface area contributed by atoms with Crippen molar-refractivity contribution in [2.24, 2.45) is 0 Å². The highest BCUT2D eigenvalue weighted by atomic mass is 32.2. The molecule has 0 atom stereocenters. The molecule has 1 aromatic rings. The molecule has 4 N–H and O–H groups in total. The molecule has 0 aromatic carbocycles. The van der Waals surface area contributed by atoms with Gasteiger partial charge in [0.15, 0.2) is 5.82 Å². The van der Waals surface area contributed by atoms with Gasteiger partial charge in [-0.1, -0.05) is 6.42 Å². The van der Waals surface area contributed by atoms with Gasteiger partial charge in [-0.15, -0.1) is 0 Å². The zero-order valence-electron chi connectivity index (χ0n) is 9.25. The zero-order chi connectivity index (χ0) is 11.6. The van der Waals surface area contributed by atoms with Crippen molar-refractivity contribution in [3.05, 3.63) is 16.7 Å². The standard InChI is InChI=1S/C10H16N4OS/c1-16-10(3-2-4-10)5-12-8-7(11)9(15)14-6-13-8/h6H,2-5,11H2,1H3,(H2,12,13,14,15). The number of nitrogens with zero attached hydrogens (tertiary/aromatic N) is 1. The highest BCUT2D eigenvalue weighted by Gasteiger charge is 2.36. The minimum atomic E-state index is -0.288. The fourth-order valence-corrected chi connectivity index (χ4v) is 2.73. The molecule has 6 heteroatoms. The molecule has 0 aliphatic heterocycles. The largest absolute Gasteiger partial charge is 0.391 e. The van der Waals surface area contributed by atoms with Crippen molar-refractivity contribution in [1.82, 2.24) is 9.97 Å². The summed E-state index contributed by atoms with van der Waals surface area (Å²) >= 11 is 1.87. The Hall–Kier alpha value is -1.17. The molecule has 5 nitrogen and oxygen atoms in total. The highest BCUT2D eigenvalue weighted by Crippen LogP contribution is 2.42. The van der Waals surface area contributed by atoms with Crippen LogP contribution in [0.25, 0.3) is 0 Å². The number of H-pyrrole nitrogens is 1. The van der Waals surface area contributed by atoms with Crippen LogP contribution in [0.1, 0.15) is 19.3 Å². The minimum absolute atomic E-state index is 0.165. The monoisotopic (exact) mass is 240 g/mol. The molecule has 0 unspecified atom stereocenters. The van der Waals surface area contributed by atoms with E-state index in [-0.39, 0.29) is 11.2 Å². The van der Waals surface area contributed by atoms with Crippen LogP contribution in [0.2, 0.25) is 0 Å². The maximum Gasteiger partial charge on any atom is 0.276 e. The first-order chi connectivity index (χ1) is 7.67. The Bertz CT molecular complexity index is 422. The Balaban J connectivity index is 2.04. The third kappa shape index (κ3) is 2.02. The number of aromatic amines is 1. The summed E-state index contributed by atoms with van der Waals surface area (Å²) in [4.78, 5) is 17.7. The molecule has 2 rings (SSSR count). The summed E-state index contributed by atoms with van der Waals surface area (Å²) in [5.41, 5.74) is 5.51. The van der Waals surface area contributed by atoms with Gasteiger partial charge in [0.05, 0.1) is 6.33 Å². The SMILES string of the molecule is CSC1(CNc2nc[nH]c(=O)c2N)CCC1. The lowest BCUT2D eigenvalue weighted by molar-refractivity contribution is 0.379. The van der Waals surface area contributed by atoms with Crippen molar-refractivity contribution in [3.63, 3.8) is 0 Å². The molecule has 1 aliphatic rings. The van der Waals surface area contributed by atoms with Crippen LogP contribution in [0.15, 0.2) is 11.1 Å². The van der Waals surface area contributed by atoms with E-state index in [9.17, 15) is 4.79 Å². The molecule has 88 valence electrons. The van der Waals surface area contributed by atoms with Gasteiger partial charge in [0, 0.05) is 11.3 Å². The Morgan fingerprint density at radius 1 is 1.69 bits per heavy atom. The lowest BCUT2D eigenvalue weighted by Crippen LogP contribution is -2.40. The van der Waals surface area contributed by atoms with E-state index in [4.69, 9.17) is 5.73 Å². The van der Waals surface area contributed by atoms with Gasteiger partial charge in [-0.05, 0) is 19.1 Å². The number of hydrogen-bond donors (Lipinski definition) is 3. The molecule has 1 saturated carbocycles. The van der Waals surface area contributed by atoms with Crippen molar-refractivity contribution in [2.45, 2.75) is 24.0 Å². The van der Waals surface area contributed by atoms with Gasteiger partial charge >= 0.3 is 0 Å². The van der Waals surface area contributed by atoms with Gasteiger partial charge in [0.25, 0.3) is 5.56 Å². The summed E-state index contributed by atoms with van der Waals surface area (Å²) in [6.07, 6.45) is 7.19. The number of hydrogen-bond acceptors (Lipinski definition) is 5. The average Bonchev–Trinajstić information content (AvgIpc) is 2.23. The Morgan fingerprint density at radius 2 is 2.44 bits per heavy atom. The van der Waals surface area contributed by atoms with Crippen LogP contribution in [-0.2, 0) is 0 Å². The molecular formula is C10H16N4OS. The Kier molecular flexibility index (Phi) is 3.09. The first-order valence-electron chi connectivity index (χ1n) is 5.29.